The fourth-order valence-corrected chi connectivity index (χ4v) is 2.36. The lowest BCUT2D eigenvalue weighted by molar-refractivity contribution is -0.114. The predicted molar refractivity (Wildman–Crippen MR) is 51.5 cm³/mol. The van der Waals surface area contributed by atoms with Crippen molar-refractivity contribution in [3.8, 4) is 0 Å². The Morgan fingerprint density at radius 3 is 2.67 bits per heavy atom. The second kappa shape index (κ2) is 3.04. The van der Waals surface area contributed by atoms with Crippen LogP contribution in [0.25, 0.3) is 5.57 Å². The summed E-state index contributed by atoms with van der Waals surface area (Å²) in [5.74, 6) is 0.231. The largest absolute Gasteiger partial charge is 0.295 e. The highest BCUT2D eigenvalue weighted by molar-refractivity contribution is 7.17. The van der Waals surface area contributed by atoms with Crippen LogP contribution in [0.1, 0.15) is 17.7 Å². The average molecular weight is 199 g/mol. The summed E-state index contributed by atoms with van der Waals surface area (Å²) in [6.07, 6.45) is 3.25. The molecule has 2 rings (SSSR count). The van der Waals surface area contributed by atoms with E-state index in [1.807, 2.05) is 12.1 Å². The number of hydrogen-bond donors (Lipinski definition) is 0. The molecule has 1 nitrogen and oxygen atoms in total. The Bertz CT molecular complexity index is 351. The van der Waals surface area contributed by atoms with Gasteiger partial charge in [-0.25, -0.2) is 0 Å². The van der Waals surface area contributed by atoms with Gasteiger partial charge >= 0.3 is 0 Å². The fraction of sp³-hybridized carbons (Fsp3) is 0.222. The van der Waals surface area contributed by atoms with E-state index in [1.165, 1.54) is 11.3 Å². The van der Waals surface area contributed by atoms with Crippen LogP contribution in [0.5, 0.6) is 0 Å². The van der Waals surface area contributed by atoms with E-state index in [4.69, 9.17) is 11.6 Å². The molecule has 0 fully saturated rings. The van der Waals surface area contributed by atoms with Crippen molar-refractivity contribution in [1.29, 1.82) is 0 Å². The summed E-state index contributed by atoms with van der Waals surface area (Å²) in [6, 6.07) is 3.84. The molecule has 1 aliphatic carbocycles. The Labute approximate surface area is 79.7 Å². The van der Waals surface area contributed by atoms with Crippen LogP contribution in [0.15, 0.2) is 18.2 Å². The van der Waals surface area contributed by atoms with E-state index in [0.717, 1.165) is 21.2 Å². The molecule has 0 atom stereocenters. The summed E-state index contributed by atoms with van der Waals surface area (Å²) in [5.41, 5.74) is 1.14. The number of carbonyl (C=O) groups excluding carboxylic acids is 1. The second-order valence-electron chi connectivity index (χ2n) is 2.74. The molecule has 1 heterocycles. The van der Waals surface area contributed by atoms with Gasteiger partial charge in [0.15, 0.2) is 5.78 Å². The lowest BCUT2D eigenvalue weighted by Gasteiger charge is -1.92. The van der Waals surface area contributed by atoms with Crippen molar-refractivity contribution in [2.24, 2.45) is 0 Å². The number of thiophene rings is 1. The van der Waals surface area contributed by atoms with E-state index in [0.29, 0.717) is 6.42 Å². The minimum atomic E-state index is 0.231. The normalized spacial score (nSPS) is 16.8. The van der Waals surface area contributed by atoms with E-state index in [1.54, 1.807) is 6.08 Å². The molecule has 0 N–H and O–H groups in total. The van der Waals surface area contributed by atoms with Crippen LogP contribution in [-0.2, 0) is 4.79 Å². The fourth-order valence-electron chi connectivity index (χ4n) is 1.28. The van der Waals surface area contributed by atoms with Crippen molar-refractivity contribution in [1.82, 2.24) is 0 Å². The smallest absolute Gasteiger partial charge is 0.156 e. The number of ketones is 1. The lowest BCUT2D eigenvalue weighted by atomic mass is 10.2. The van der Waals surface area contributed by atoms with Gasteiger partial charge in [0, 0.05) is 11.3 Å². The molecule has 1 aliphatic rings. The molecule has 62 valence electrons. The van der Waals surface area contributed by atoms with Gasteiger partial charge in [0.05, 0.1) is 4.34 Å². The van der Waals surface area contributed by atoms with Gasteiger partial charge < -0.3 is 0 Å². The molecule has 1 aromatic heterocycles. The Hall–Kier alpha value is -0.600. The Morgan fingerprint density at radius 2 is 2.17 bits per heavy atom. The Morgan fingerprint density at radius 1 is 1.33 bits per heavy atom. The topological polar surface area (TPSA) is 17.1 Å². The molecule has 0 saturated carbocycles. The third-order valence-electron chi connectivity index (χ3n) is 1.87. The van der Waals surface area contributed by atoms with Crippen molar-refractivity contribution in [3.05, 3.63) is 27.4 Å². The van der Waals surface area contributed by atoms with Crippen molar-refractivity contribution < 1.29 is 4.79 Å². The second-order valence-corrected chi connectivity index (χ2v) is 4.45. The van der Waals surface area contributed by atoms with Crippen molar-refractivity contribution >= 4 is 34.3 Å². The highest BCUT2D eigenvalue weighted by Gasteiger charge is 2.14. The van der Waals surface area contributed by atoms with Crippen molar-refractivity contribution in [2.75, 3.05) is 0 Å². The van der Waals surface area contributed by atoms with Gasteiger partial charge in [0.1, 0.15) is 0 Å². The van der Waals surface area contributed by atoms with Gasteiger partial charge in [-0.1, -0.05) is 11.6 Å². The molecule has 0 spiro atoms. The van der Waals surface area contributed by atoms with Gasteiger partial charge in [-0.15, -0.1) is 11.3 Å². The summed E-state index contributed by atoms with van der Waals surface area (Å²) in [6.45, 7) is 0. The number of hydrogen-bond acceptors (Lipinski definition) is 2. The van der Waals surface area contributed by atoms with E-state index in [9.17, 15) is 4.79 Å². The molecular formula is C9H7ClOS. The molecule has 3 heteroatoms. The molecule has 0 aromatic carbocycles. The first-order valence-electron chi connectivity index (χ1n) is 3.75. The standard InChI is InChI=1S/C9H7ClOS/c10-9-4-3-8(12-9)6-1-2-7(11)5-6/h3-5H,1-2H2. The van der Waals surface area contributed by atoms with Gasteiger partial charge in [-0.05, 0) is 30.2 Å². The van der Waals surface area contributed by atoms with Gasteiger partial charge in [-0.3, -0.25) is 4.79 Å². The monoisotopic (exact) mass is 198 g/mol. The average Bonchev–Trinajstić information content (AvgIpc) is 2.58. The number of halogens is 1. The molecule has 0 radical (unpaired) electrons. The van der Waals surface area contributed by atoms with Crippen LogP contribution < -0.4 is 0 Å². The van der Waals surface area contributed by atoms with Crippen LogP contribution in [0.3, 0.4) is 0 Å². The summed E-state index contributed by atoms with van der Waals surface area (Å²) in [7, 11) is 0. The molecular weight excluding hydrogens is 192 g/mol. The van der Waals surface area contributed by atoms with Gasteiger partial charge in [0.2, 0.25) is 0 Å². The first-order valence-corrected chi connectivity index (χ1v) is 4.94. The van der Waals surface area contributed by atoms with Crippen LogP contribution in [0.4, 0.5) is 0 Å². The van der Waals surface area contributed by atoms with Gasteiger partial charge in [-0.2, -0.15) is 0 Å². The van der Waals surface area contributed by atoms with Gasteiger partial charge in [0.25, 0.3) is 0 Å². The molecule has 12 heavy (non-hydrogen) atoms. The molecule has 0 aliphatic heterocycles. The number of allylic oxidation sites excluding steroid dienone is 2. The number of carbonyl (C=O) groups is 1. The minimum absolute atomic E-state index is 0.231. The highest BCUT2D eigenvalue weighted by atomic mass is 35.5. The van der Waals surface area contributed by atoms with E-state index in [2.05, 4.69) is 0 Å². The summed E-state index contributed by atoms with van der Waals surface area (Å²) >= 11 is 7.31. The SMILES string of the molecule is O=C1C=C(c2ccc(Cl)s2)CC1. The van der Waals surface area contributed by atoms with Crippen LogP contribution >= 0.6 is 22.9 Å². The third-order valence-corrected chi connectivity index (χ3v) is 3.17. The highest BCUT2D eigenvalue weighted by Crippen LogP contribution is 2.32. The first-order chi connectivity index (χ1) is 5.75. The van der Waals surface area contributed by atoms with E-state index >= 15 is 0 Å². The lowest BCUT2D eigenvalue weighted by Crippen LogP contribution is -1.80. The van der Waals surface area contributed by atoms with Crippen molar-refractivity contribution in [3.63, 3.8) is 0 Å². The summed E-state index contributed by atoms with van der Waals surface area (Å²) < 4.78 is 0.783. The zero-order valence-electron chi connectivity index (χ0n) is 6.34. The first kappa shape index (κ1) is 8.02. The summed E-state index contributed by atoms with van der Waals surface area (Å²) in [5, 5.41) is 0. The predicted octanol–water partition coefficient (Wildman–Crippen LogP) is 3.15. The maximum Gasteiger partial charge on any atom is 0.156 e. The third kappa shape index (κ3) is 1.45. The molecule has 0 saturated heterocycles. The Balaban J connectivity index is 2.32. The summed E-state index contributed by atoms with van der Waals surface area (Å²) in [4.78, 5) is 12.1. The van der Waals surface area contributed by atoms with Crippen LogP contribution in [0, 0.1) is 0 Å². The number of rotatable bonds is 1. The van der Waals surface area contributed by atoms with Crippen LogP contribution in [-0.4, -0.2) is 5.78 Å². The van der Waals surface area contributed by atoms with E-state index in [-0.39, 0.29) is 5.78 Å². The van der Waals surface area contributed by atoms with E-state index < -0.39 is 0 Å². The maximum absolute atomic E-state index is 10.9. The van der Waals surface area contributed by atoms with Crippen LogP contribution in [0.2, 0.25) is 4.34 Å². The Kier molecular flexibility index (Phi) is 2.03. The molecule has 0 bridgehead atoms. The maximum atomic E-state index is 10.9. The quantitative estimate of drug-likeness (QED) is 0.678. The zero-order chi connectivity index (χ0) is 8.55. The molecule has 0 unspecified atom stereocenters. The zero-order valence-corrected chi connectivity index (χ0v) is 7.91. The molecule has 0 amide bonds. The minimum Gasteiger partial charge on any atom is -0.295 e. The molecule has 1 aromatic rings. The van der Waals surface area contributed by atoms with Crippen molar-refractivity contribution in [2.45, 2.75) is 12.8 Å².